The van der Waals surface area contributed by atoms with E-state index in [9.17, 15) is 9.59 Å². The second-order valence-corrected chi connectivity index (χ2v) is 9.19. The van der Waals surface area contributed by atoms with Gasteiger partial charge < -0.3 is 5.32 Å². The number of benzene rings is 1. The van der Waals surface area contributed by atoms with Gasteiger partial charge >= 0.3 is 0 Å². The van der Waals surface area contributed by atoms with Crippen LogP contribution in [0.5, 0.6) is 0 Å². The number of allylic oxidation sites excluding steroid dienone is 2. The molecule has 0 aliphatic carbocycles. The lowest BCUT2D eigenvalue weighted by Crippen LogP contribution is -2.40. The first-order valence-corrected chi connectivity index (χ1v) is 11.2. The molecule has 1 N–H and O–H groups in total. The SMILES string of the molecule is CC1=C(C(=O)SC(Cc2ccccc2)C(=O)N[C@H](C)CC(C)C)C=N/C=C\CC1. The number of thioether (sulfide) groups is 1. The molecule has 0 saturated carbocycles. The van der Waals surface area contributed by atoms with Gasteiger partial charge in [-0.3, -0.25) is 14.6 Å². The summed E-state index contributed by atoms with van der Waals surface area (Å²) in [5, 5.41) is 2.53. The maximum absolute atomic E-state index is 13.1. The Morgan fingerprint density at radius 3 is 2.59 bits per heavy atom. The van der Waals surface area contributed by atoms with E-state index in [2.05, 4.69) is 24.2 Å². The van der Waals surface area contributed by atoms with Gasteiger partial charge in [0, 0.05) is 24.0 Å². The Hall–Kier alpha value is -2.14. The normalized spacial score (nSPS) is 17.4. The van der Waals surface area contributed by atoms with Crippen molar-refractivity contribution in [2.24, 2.45) is 10.9 Å². The zero-order valence-electron chi connectivity index (χ0n) is 17.9. The van der Waals surface area contributed by atoms with Crippen LogP contribution in [0.25, 0.3) is 0 Å². The molecule has 0 fully saturated rings. The van der Waals surface area contributed by atoms with E-state index >= 15 is 0 Å². The number of aliphatic imine (C=N–C) groups is 1. The third-order valence-corrected chi connectivity index (χ3v) is 5.88. The van der Waals surface area contributed by atoms with E-state index in [1.807, 2.05) is 50.3 Å². The number of carbonyl (C=O) groups is 2. The molecule has 156 valence electrons. The highest BCUT2D eigenvalue weighted by Crippen LogP contribution is 2.24. The van der Waals surface area contributed by atoms with Gasteiger partial charge in [-0.2, -0.15) is 0 Å². The molecule has 0 radical (unpaired) electrons. The quantitative estimate of drug-likeness (QED) is 0.646. The summed E-state index contributed by atoms with van der Waals surface area (Å²) in [5.41, 5.74) is 2.67. The topological polar surface area (TPSA) is 58.5 Å². The molecule has 0 aromatic heterocycles. The predicted octanol–water partition coefficient (Wildman–Crippen LogP) is 5.10. The van der Waals surface area contributed by atoms with E-state index in [1.54, 1.807) is 12.4 Å². The lowest BCUT2D eigenvalue weighted by atomic mass is 10.0. The summed E-state index contributed by atoms with van der Waals surface area (Å²) in [4.78, 5) is 30.3. The minimum atomic E-state index is -0.478. The lowest BCUT2D eigenvalue weighted by molar-refractivity contribution is -0.121. The van der Waals surface area contributed by atoms with Crippen LogP contribution in [-0.2, 0) is 16.0 Å². The van der Waals surface area contributed by atoms with Crippen LogP contribution in [0.2, 0.25) is 0 Å². The Bertz CT molecular complexity index is 781. The Morgan fingerprint density at radius 1 is 1.17 bits per heavy atom. The zero-order valence-corrected chi connectivity index (χ0v) is 18.7. The molecule has 5 heteroatoms. The average Bonchev–Trinajstić information content (AvgIpc) is 2.64. The molecule has 0 spiro atoms. The highest BCUT2D eigenvalue weighted by molar-refractivity contribution is 8.15. The monoisotopic (exact) mass is 412 g/mol. The Balaban J connectivity index is 2.17. The predicted molar refractivity (Wildman–Crippen MR) is 123 cm³/mol. The van der Waals surface area contributed by atoms with Crippen LogP contribution >= 0.6 is 11.8 Å². The Labute approximate surface area is 179 Å². The summed E-state index contributed by atoms with van der Waals surface area (Å²) in [7, 11) is 0. The van der Waals surface area contributed by atoms with Gasteiger partial charge in [-0.05, 0) is 51.0 Å². The molecule has 2 rings (SSSR count). The molecular formula is C24H32N2O2S. The van der Waals surface area contributed by atoms with Crippen molar-refractivity contribution in [2.45, 2.75) is 64.7 Å². The summed E-state index contributed by atoms with van der Waals surface area (Å²) >= 11 is 1.11. The van der Waals surface area contributed by atoms with Crippen molar-refractivity contribution in [2.75, 3.05) is 0 Å². The Kier molecular flexibility index (Phi) is 9.39. The highest BCUT2D eigenvalue weighted by atomic mass is 32.2. The zero-order chi connectivity index (χ0) is 21.2. The van der Waals surface area contributed by atoms with E-state index in [-0.39, 0.29) is 17.1 Å². The van der Waals surface area contributed by atoms with Gasteiger partial charge in [-0.1, -0.05) is 67.6 Å². The number of rotatable bonds is 8. The summed E-state index contributed by atoms with van der Waals surface area (Å²) in [6.45, 7) is 8.26. The summed E-state index contributed by atoms with van der Waals surface area (Å²) in [6.07, 6.45) is 8.46. The van der Waals surface area contributed by atoms with Crippen LogP contribution < -0.4 is 5.32 Å². The molecule has 1 aromatic carbocycles. The molecule has 4 nitrogen and oxygen atoms in total. The third kappa shape index (κ3) is 8.01. The van der Waals surface area contributed by atoms with Gasteiger partial charge in [-0.15, -0.1) is 0 Å². The molecule has 2 atom stereocenters. The van der Waals surface area contributed by atoms with E-state index in [1.165, 1.54) is 0 Å². The standard InChI is InChI=1S/C24H32N2O2S/c1-17(2)14-19(4)26-23(27)22(15-20-11-6-5-7-12-20)29-24(28)21-16-25-13-9-8-10-18(21)3/h5-7,9,11-13,16-17,19,22H,8,10,14-15H2,1-4H3,(H,26,27)/b13-9-,21-18?,25-16?/t19-,22?/m1/s1. The van der Waals surface area contributed by atoms with Crippen LogP contribution in [0, 0.1) is 5.92 Å². The largest absolute Gasteiger partial charge is 0.353 e. The van der Waals surface area contributed by atoms with Crippen molar-refractivity contribution in [1.29, 1.82) is 0 Å². The lowest BCUT2D eigenvalue weighted by Gasteiger charge is -2.21. The average molecular weight is 413 g/mol. The first kappa shape index (κ1) is 23.1. The summed E-state index contributed by atoms with van der Waals surface area (Å²) < 4.78 is 0. The van der Waals surface area contributed by atoms with Crippen LogP contribution in [0.1, 0.15) is 52.5 Å². The minimum absolute atomic E-state index is 0.0746. The van der Waals surface area contributed by atoms with Gasteiger partial charge in [0.05, 0.1) is 5.25 Å². The second kappa shape index (κ2) is 11.8. The molecule has 1 aliphatic heterocycles. The van der Waals surface area contributed by atoms with Crippen molar-refractivity contribution in [3.05, 3.63) is 59.3 Å². The van der Waals surface area contributed by atoms with Crippen molar-refractivity contribution < 1.29 is 9.59 Å². The number of nitrogens with zero attached hydrogens (tertiary/aromatic N) is 1. The number of hydrogen-bond donors (Lipinski definition) is 1. The van der Waals surface area contributed by atoms with Crippen LogP contribution in [0.4, 0.5) is 0 Å². The molecular weight excluding hydrogens is 380 g/mol. The fraction of sp³-hybridized carbons (Fsp3) is 0.458. The van der Waals surface area contributed by atoms with Crippen molar-refractivity contribution >= 4 is 29.0 Å². The summed E-state index contributed by atoms with van der Waals surface area (Å²) in [5.74, 6) is 0.417. The van der Waals surface area contributed by atoms with Gasteiger partial charge in [0.15, 0.2) is 0 Å². The van der Waals surface area contributed by atoms with Gasteiger partial charge in [-0.25, -0.2) is 0 Å². The summed E-state index contributed by atoms with van der Waals surface area (Å²) in [6, 6.07) is 9.93. The maximum atomic E-state index is 13.1. The second-order valence-electron chi connectivity index (χ2n) is 8.02. The molecule has 0 bridgehead atoms. The van der Waals surface area contributed by atoms with E-state index in [0.717, 1.165) is 42.2 Å². The fourth-order valence-corrected chi connectivity index (χ4v) is 4.40. The smallest absolute Gasteiger partial charge is 0.234 e. The molecule has 1 aromatic rings. The molecule has 1 aliphatic rings. The number of carbonyl (C=O) groups excluding carboxylic acids is 2. The van der Waals surface area contributed by atoms with Crippen molar-refractivity contribution in [3.63, 3.8) is 0 Å². The van der Waals surface area contributed by atoms with Crippen molar-refractivity contribution in [3.8, 4) is 0 Å². The van der Waals surface area contributed by atoms with Gasteiger partial charge in [0.1, 0.15) is 0 Å². The van der Waals surface area contributed by atoms with Gasteiger partial charge in [0.25, 0.3) is 0 Å². The van der Waals surface area contributed by atoms with Gasteiger partial charge in [0.2, 0.25) is 11.0 Å². The molecule has 1 heterocycles. The van der Waals surface area contributed by atoms with E-state index in [0.29, 0.717) is 17.9 Å². The number of nitrogens with one attached hydrogen (secondary N) is 1. The minimum Gasteiger partial charge on any atom is -0.353 e. The fourth-order valence-electron chi connectivity index (χ4n) is 3.34. The molecule has 0 saturated heterocycles. The maximum Gasteiger partial charge on any atom is 0.234 e. The number of hydrogen-bond acceptors (Lipinski definition) is 4. The first-order valence-electron chi connectivity index (χ1n) is 10.3. The Morgan fingerprint density at radius 2 is 1.90 bits per heavy atom. The molecule has 1 amide bonds. The molecule has 1 unspecified atom stereocenters. The van der Waals surface area contributed by atoms with E-state index in [4.69, 9.17) is 0 Å². The highest BCUT2D eigenvalue weighted by Gasteiger charge is 2.26. The van der Waals surface area contributed by atoms with Crippen molar-refractivity contribution in [1.82, 2.24) is 5.32 Å². The van der Waals surface area contributed by atoms with Crippen LogP contribution in [-0.4, -0.2) is 28.5 Å². The third-order valence-electron chi connectivity index (χ3n) is 4.78. The number of amides is 1. The van der Waals surface area contributed by atoms with E-state index < -0.39 is 5.25 Å². The molecule has 29 heavy (non-hydrogen) atoms. The van der Waals surface area contributed by atoms with Crippen LogP contribution in [0.15, 0.2) is 58.7 Å². The van der Waals surface area contributed by atoms with Crippen LogP contribution in [0.3, 0.4) is 0 Å². The first-order chi connectivity index (χ1) is 13.9.